The number of aliphatic hydroxyl groups excluding tert-OH is 1. The molecule has 0 saturated carbocycles. The summed E-state index contributed by atoms with van der Waals surface area (Å²) in [5.74, 6) is 0.229. The number of rotatable bonds is 13. The van der Waals surface area contributed by atoms with Crippen LogP contribution >= 0.6 is 0 Å². The zero-order valence-corrected chi connectivity index (χ0v) is 16.4. The molecule has 1 rings (SSSR count). The van der Waals surface area contributed by atoms with E-state index in [1.165, 1.54) is 0 Å². The van der Waals surface area contributed by atoms with Gasteiger partial charge in [0.2, 0.25) is 0 Å². The number of hydrogen-bond acceptors (Lipinski definition) is 3. The minimum Gasteiger partial charge on any atom is -0.481 e. The van der Waals surface area contributed by atoms with Crippen LogP contribution in [0.15, 0.2) is 12.2 Å². The molecule has 0 aromatic heterocycles. The first-order valence-electron chi connectivity index (χ1n) is 10.0. The van der Waals surface area contributed by atoms with Crippen LogP contribution in [-0.2, 0) is 9.53 Å². The molecule has 1 saturated heterocycles. The third-order valence-electron chi connectivity index (χ3n) is 5.48. The largest absolute Gasteiger partial charge is 0.481 e. The molecule has 25 heavy (non-hydrogen) atoms. The molecule has 1 unspecified atom stereocenters. The lowest BCUT2D eigenvalue weighted by atomic mass is 9.80. The van der Waals surface area contributed by atoms with Crippen LogP contribution in [-0.4, -0.2) is 35.5 Å². The summed E-state index contributed by atoms with van der Waals surface area (Å²) in [5.41, 5.74) is -0.0778. The van der Waals surface area contributed by atoms with E-state index in [-0.39, 0.29) is 11.8 Å². The van der Waals surface area contributed by atoms with Crippen molar-refractivity contribution in [3.8, 4) is 0 Å². The Kier molecular flexibility index (Phi) is 10.4. The highest BCUT2D eigenvalue weighted by Gasteiger charge is 2.28. The van der Waals surface area contributed by atoms with Gasteiger partial charge in [-0.25, -0.2) is 0 Å². The van der Waals surface area contributed by atoms with Gasteiger partial charge in [-0.15, -0.1) is 0 Å². The van der Waals surface area contributed by atoms with Gasteiger partial charge in [0.15, 0.2) is 0 Å². The molecule has 0 spiro atoms. The van der Waals surface area contributed by atoms with Crippen LogP contribution in [0.1, 0.15) is 78.6 Å². The van der Waals surface area contributed by atoms with Crippen LogP contribution < -0.4 is 0 Å². The molecule has 0 bridgehead atoms. The Hall–Kier alpha value is -0.870. The van der Waals surface area contributed by atoms with Crippen molar-refractivity contribution in [2.45, 2.75) is 84.7 Å². The molecule has 1 heterocycles. The van der Waals surface area contributed by atoms with E-state index in [9.17, 15) is 9.90 Å². The fourth-order valence-electron chi connectivity index (χ4n) is 3.45. The van der Waals surface area contributed by atoms with E-state index in [0.29, 0.717) is 11.8 Å². The molecular formula is C21H38O4. The number of aliphatic hydroxyl groups is 1. The molecule has 146 valence electrons. The van der Waals surface area contributed by atoms with Crippen LogP contribution in [0.4, 0.5) is 0 Å². The predicted molar refractivity (Wildman–Crippen MR) is 102 cm³/mol. The van der Waals surface area contributed by atoms with E-state index in [2.05, 4.69) is 26.8 Å². The van der Waals surface area contributed by atoms with Gasteiger partial charge in [-0.05, 0) is 30.6 Å². The molecular weight excluding hydrogens is 316 g/mol. The summed E-state index contributed by atoms with van der Waals surface area (Å²) in [6.07, 6.45) is 12.5. The first-order chi connectivity index (χ1) is 11.9. The quantitative estimate of drug-likeness (QED) is 0.368. The Labute approximate surface area is 153 Å². The standard InChI is InChI=1S/C21H38O4/c1-4-5-14-21(2,3)19(22)13-12-18-16-25-15-17(18)10-8-6-7-9-11-20(23)24/h12-13,17-19,22H,4-11,14-16H2,1-3H3,(H,23,24)/b13-12+/t17-,18+,19?/m1/s1. The number of hydrogen-bond donors (Lipinski definition) is 2. The second kappa shape index (κ2) is 11.7. The van der Waals surface area contributed by atoms with Gasteiger partial charge in [0.25, 0.3) is 0 Å². The molecule has 1 fully saturated rings. The van der Waals surface area contributed by atoms with Crippen molar-refractivity contribution in [3.05, 3.63) is 12.2 Å². The molecule has 0 aliphatic carbocycles. The number of unbranched alkanes of at least 4 members (excludes halogenated alkanes) is 4. The van der Waals surface area contributed by atoms with Crippen LogP contribution in [0.25, 0.3) is 0 Å². The van der Waals surface area contributed by atoms with Gasteiger partial charge in [0, 0.05) is 12.3 Å². The van der Waals surface area contributed by atoms with Crippen molar-refractivity contribution >= 4 is 5.97 Å². The SMILES string of the molecule is CCCCC(C)(C)C(O)/C=C/[C@H]1COC[C@H]1CCCCCCC(=O)O. The second-order valence-corrected chi connectivity index (χ2v) is 8.23. The van der Waals surface area contributed by atoms with Crippen molar-refractivity contribution in [3.63, 3.8) is 0 Å². The summed E-state index contributed by atoms with van der Waals surface area (Å²) < 4.78 is 5.65. The van der Waals surface area contributed by atoms with Crippen LogP contribution in [0.3, 0.4) is 0 Å². The summed E-state index contributed by atoms with van der Waals surface area (Å²) in [7, 11) is 0. The van der Waals surface area contributed by atoms with Crippen molar-refractivity contribution in [1.82, 2.24) is 0 Å². The summed E-state index contributed by atoms with van der Waals surface area (Å²) >= 11 is 0. The highest BCUT2D eigenvalue weighted by atomic mass is 16.5. The fourth-order valence-corrected chi connectivity index (χ4v) is 3.45. The molecule has 4 nitrogen and oxygen atoms in total. The van der Waals surface area contributed by atoms with Gasteiger partial charge in [-0.3, -0.25) is 4.79 Å². The summed E-state index contributed by atoms with van der Waals surface area (Å²) in [6.45, 7) is 8.01. The number of carbonyl (C=O) groups is 1. The molecule has 2 N–H and O–H groups in total. The molecule has 1 aliphatic rings. The first kappa shape index (κ1) is 22.2. The van der Waals surface area contributed by atoms with E-state index >= 15 is 0 Å². The Bertz CT molecular complexity index is 403. The molecule has 1 aliphatic heterocycles. The van der Waals surface area contributed by atoms with Gasteiger partial charge < -0.3 is 14.9 Å². The smallest absolute Gasteiger partial charge is 0.303 e. The third-order valence-corrected chi connectivity index (χ3v) is 5.48. The first-order valence-corrected chi connectivity index (χ1v) is 10.0. The molecule has 4 heteroatoms. The van der Waals surface area contributed by atoms with E-state index in [0.717, 1.165) is 64.6 Å². The zero-order valence-electron chi connectivity index (χ0n) is 16.4. The minimum atomic E-state index is -0.699. The minimum absolute atomic E-state index is 0.0778. The van der Waals surface area contributed by atoms with Gasteiger partial charge in [0.1, 0.15) is 0 Å². The Morgan fingerprint density at radius 1 is 1.20 bits per heavy atom. The maximum atomic E-state index is 10.5. The number of aliphatic carboxylic acids is 1. The Morgan fingerprint density at radius 2 is 1.92 bits per heavy atom. The second-order valence-electron chi connectivity index (χ2n) is 8.23. The van der Waals surface area contributed by atoms with Crippen molar-refractivity contribution in [2.24, 2.45) is 17.3 Å². The number of carboxylic acid groups (broad SMARTS) is 1. The molecule has 0 radical (unpaired) electrons. The molecule has 0 aromatic carbocycles. The van der Waals surface area contributed by atoms with E-state index < -0.39 is 12.1 Å². The van der Waals surface area contributed by atoms with E-state index in [4.69, 9.17) is 9.84 Å². The lowest BCUT2D eigenvalue weighted by Gasteiger charge is -2.29. The van der Waals surface area contributed by atoms with Crippen LogP contribution in [0.2, 0.25) is 0 Å². The fraction of sp³-hybridized carbons (Fsp3) is 0.857. The highest BCUT2D eigenvalue weighted by molar-refractivity contribution is 5.66. The Morgan fingerprint density at radius 3 is 2.60 bits per heavy atom. The van der Waals surface area contributed by atoms with Gasteiger partial charge in [-0.1, -0.05) is 65.0 Å². The lowest BCUT2D eigenvalue weighted by Crippen LogP contribution is -2.27. The predicted octanol–water partition coefficient (Wildman–Crippen LogP) is 4.81. The van der Waals surface area contributed by atoms with Crippen molar-refractivity contribution in [1.29, 1.82) is 0 Å². The normalized spacial score (nSPS) is 22.6. The molecule has 0 aromatic rings. The Balaban J connectivity index is 2.33. The van der Waals surface area contributed by atoms with Gasteiger partial charge in [0.05, 0.1) is 19.3 Å². The van der Waals surface area contributed by atoms with Crippen molar-refractivity contribution < 1.29 is 19.7 Å². The van der Waals surface area contributed by atoms with E-state index in [1.807, 2.05) is 6.08 Å². The van der Waals surface area contributed by atoms with Gasteiger partial charge in [-0.2, -0.15) is 0 Å². The summed E-state index contributed by atoms with van der Waals surface area (Å²) in [5, 5.41) is 19.1. The third kappa shape index (κ3) is 8.87. The van der Waals surface area contributed by atoms with Crippen LogP contribution in [0.5, 0.6) is 0 Å². The van der Waals surface area contributed by atoms with Gasteiger partial charge >= 0.3 is 5.97 Å². The maximum absolute atomic E-state index is 10.5. The highest BCUT2D eigenvalue weighted by Crippen LogP contribution is 2.31. The number of carboxylic acids is 1. The monoisotopic (exact) mass is 354 g/mol. The summed E-state index contributed by atoms with van der Waals surface area (Å²) in [4.78, 5) is 10.5. The average Bonchev–Trinajstić information content (AvgIpc) is 3.01. The van der Waals surface area contributed by atoms with Crippen LogP contribution in [0, 0.1) is 17.3 Å². The van der Waals surface area contributed by atoms with E-state index in [1.54, 1.807) is 0 Å². The molecule has 3 atom stereocenters. The summed E-state index contributed by atoms with van der Waals surface area (Å²) in [6, 6.07) is 0. The zero-order chi connectivity index (χ0) is 18.7. The average molecular weight is 355 g/mol. The maximum Gasteiger partial charge on any atom is 0.303 e. The topological polar surface area (TPSA) is 66.8 Å². The lowest BCUT2D eigenvalue weighted by molar-refractivity contribution is -0.137. The molecule has 0 amide bonds. The van der Waals surface area contributed by atoms with Crippen molar-refractivity contribution in [2.75, 3.05) is 13.2 Å². The number of ether oxygens (including phenoxy) is 1.